The van der Waals surface area contributed by atoms with Gasteiger partial charge in [0.1, 0.15) is 12.3 Å². The summed E-state index contributed by atoms with van der Waals surface area (Å²) in [6.07, 6.45) is 3.52. The van der Waals surface area contributed by atoms with Crippen molar-refractivity contribution in [2.75, 3.05) is 12.4 Å². The molecule has 168 valence electrons. The number of ether oxygens (including phenoxy) is 1. The van der Waals surface area contributed by atoms with Crippen LogP contribution in [0.3, 0.4) is 0 Å². The smallest absolute Gasteiger partial charge is 0.333 e. The van der Waals surface area contributed by atoms with Gasteiger partial charge < -0.3 is 10.1 Å². The maximum atomic E-state index is 13.3. The Hall–Kier alpha value is -4.27. The van der Waals surface area contributed by atoms with Crippen molar-refractivity contribution in [2.45, 2.75) is 26.4 Å². The van der Waals surface area contributed by atoms with E-state index in [-0.39, 0.29) is 24.3 Å². The Kier molecular flexibility index (Phi) is 6.30. The van der Waals surface area contributed by atoms with Crippen LogP contribution < -0.4 is 21.3 Å². The Balaban J connectivity index is 1.73. The number of carbonyl (C=O) groups excluding carboxylic acids is 1. The lowest BCUT2D eigenvalue weighted by Gasteiger charge is -2.14. The third-order valence-electron chi connectivity index (χ3n) is 5.32. The number of carbonyl (C=O) groups is 1. The van der Waals surface area contributed by atoms with Gasteiger partial charge in [0.05, 0.1) is 13.7 Å². The highest BCUT2D eigenvalue weighted by molar-refractivity contribution is 5.92. The Labute approximate surface area is 189 Å². The summed E-state index contributed by atoms with van der Waals surface area (Å²) in [7, 11) is 1.56. The fourth-order valence-corrected chi connectivity index (χ4v) is 3.61. The van der Waals surface area contributed by atoms with Crippen LogP contribution in [0.25, 0.3) is 11.2 Å². The molecule has 0 spiro atoms. The highest BCUT2D eigenvalue weighted by atomic mass is 16.5. The number of aryl methyl sites for hydroxylation is 1. The number of anilines is 1. The van der Waals surface area contributed by atoms with Gasteiger partial charge in [-0.2, -0.15) is 0 Å². The predicted molar refractivity (Wildman–Crippen MR) is 125 cm³/mol. The summed E-state index contributed by atoms with van der Waals surface area (Å²) >= 11 is 0. The zero-order valence-electron chi connectivity index (χ0n) is 18.3. The van der Waals surface area contributed by atoms with Gasteiger partial charge in [0.15, 0.2) is 11.2 Å². The molecule has 0 radical (unpaired) electrons. The van der Waals surface area contributed by atoms with E-state index < -0.39 is 17.2 Å². The first kappa shape index (κ1) is 21.9. The minimum absolute atomic E-state index is 0.0207. The first-order chi connectivity index (χ1) is 16.0. The van der Waals surface area contributed by atoms with Crippen LogP contribution in [0.4, 0.5) is 5.69 Å². The molecule has 2 heterocycles. The summed E-state index contributed by atoms with van der Waals surface area (Å²) in [6.45, 7) is 1.71. The van der Waals surface area contributed by atoms with Gasteiger partial charge in [0.2, 0.25) is 5.91 Å². The van der Waals surface area contributed by atoms with Gasteiger partial charge in [-0.1, -0.05) is 37.3 Å². The standard InChI is InChI=1S/C24H23N5O4/c1-3-17-6-4-5-7-19(17)27-20(30)15-28-22-21(25-12-13-26-22)23(31)29(24(28)32)14-16-8-10-18(33-2)11-9-16/h4-13H,3,14-15H2,1-2H3,(H,27,30). The molecule has 9 heteroatoms. The first-order valence-electron chi connectivity index (χ1n) is 10.5. The van der Waals surface area contributed by atoms with Gasteiger partial charge in [0.25, 0.3) is 5.56 Å². The second-order valence-electron chi connectivity index (χ2n) is 7.40. The Bertz CT molecular complexity index is 1420. The van der Waals surface area contributed by atoms with E-state index in [4.69, 9.17) is 4.74 Å². The van der Waals surface area contributed by atoms with Crippen LogP contribution in [0, 0.1) is 0 Å². The molecule has 0 saturated carbocycles. The minimum atomic E-state index is -0.636. The highest BCUT2D eigenvalue weighted by Gasteiger charge is 2.18. The number of para-hydroxylation sites is 1. The van der Waals surface area contributed by atoms with Crippen molar-refractivity contribution >= 4 is 22.8 Å². The zero-order chi connectivity index (χ0) is 23.4. The largest absolute Gasteiger partial charge is 0.497 e. The normalized spacial score (nSPS) is 10.8. The Morgan fingerprint density at radius 1 is 1.00 bits per heavy atom. The zero-order valence-corrected chi connectivity index (χ0v) is 18.3. The van der Waals surface area contributed by atoms with Gasteiger partial charge in [-0.25, -0.2) is 14.8 Å². The van der Waals surface area contributed by atoms with E-state index in [1.54, 1.807) is 31.4 Å². The van der Waals surface area contributed by atoms with Crippen molar-refractivity contribution in [1.29, 1.82) is 0 Å². The fraction of sp³-hybridized carbons (Fsp3) is 0.208. The fourth-order valence-electron chi connectivity index (χ4n) is 3.61. The Morgan fingerprint density at radius 3 is 2.45 bits per heavy atom. The van der Waals surface area contributed by atoms with Crippen molar-refractivity contribution in [3.8, 4) is 5.75 Å². The second kappa shape index (κ2) is 9.47. The van der Waals surface area contributed by atoms with E-state index >= 15 is 0 Å². The molecule has 1 N–H and O–H groups in total. The van der Waals surface area contributed by atoms with Gasteiger partial charge in [-0.05, 0) is 35.7 Å². The molecule has 1 amide bonds. The van der Waals surface area contributed by atoms with Crippen LogP contribution in [0.15, 0.2) is 70.5 Å². The number of aromatic nitrogens is 4. The number of benzene rings is 2. The lowest BCUT2D eigenvalue weighted by Crippen LogP contribution is -2.42. The molecule has 9 nitrogen and oxygen atoms in total. The van der Waals surface area contributed by atoms with Crippen LogP contribution in [-0.2, 0) is 24.3 Å². The molecule has 0 unspecified atom stereocenters. The van der Waals surface area contributed by atoms with E-state index in [9.17, 15) is 14.4 Å². The van der Waals surface area contributed by atoms with Gasteiger partial charge in [-0.3, -0.25) is 18.7 Å². The van der Waals surface area contributed by atoms with E-state index in [1.165, 1.54) is 17.0 Å². The van der Waals surface area contributed by atoms with Crippen molar-refractivity contribution in [3.05, 3.63) is 92.9 Å². The third kappa shape index (κ3) is 4.52. The molecule has 2 aromatic heterocycles. The third-order valence-corrected chi connectivity index (χ3v) is 5.32. The van der Waals surface area contributed by atoms with E-state index in [0.29, 0.717) is 11.4 Å². The lowest BCUT2D eigenvalue weighted by atomic mass is 10.1. The molecule has 0 saturated heterocycles. The molecule has 0 aliphatic rings. The average molecular weight is 445 g/mol. The van der Waals surface area contributed by atoms with E-state index in [2.05, 4.69) is 15.3 Å². The van der Waals surface area contributed by atoms with Crippen molar-refractivity contribution < 1.29 is 9.53 Å². The highest BCUT2D eigenvalue weighted by Crippen LogP contribution is 2.16. The maximum absolute atomic E-state index is 13.3. The second-order valence-corrected chi connectivity index (χ2v) is 7.40. The number of methoxy groups -OCH3 is 1. The Morgan fingerprint density at radius 2 is 1.73 bits per heavy atom. The lowest BCUT2D eigenvalue weighted by molar-refractivity contribution is -0.116. The van der Waals surface area contributed by atoms with Crippen LogP contribution in [0.1, 0.15) is 18.1 Å². The summed E-state index contributed by atoms with van der Waals surface area (Å²) in [5.41, 5.74) is 1.28. The van der Waals surface area contributed by atoms with Crippen LogP contribution in [0.5, 0.6) is 5.75 Å². The number of amides is 1. The molecule has 0 bridgehead atoms. The summed E-state index contributed by atoms with van der Waals surface area (Å²) in [5.74, 6) is 0.261. The SMILES string of the molecule is CCc1ccccc1NC(=O)Cn1c(=O)n(Cc2ccc(OC)cc2)c(=O)c2nccnc21. The first-order valence-corrected chi connectivity index (χ1v) is 10.5. The number of hydrogen-bond acceptors (Lipinski definition) is 6. The van der Waals surface area contributed by atoms with Crippen LogP contribution in [0.2, 0.25) is 0 Å². The number of nitrogens with one attached hydrogen (secondary N) is 1. The molecule has 33 heavy (non-hydrogen) atoms. The molecule has 0 fully saturated rings. The van der Waals surface area contributed by atoms with Crippen LogP contribution >= 0.6 is 0 Å². The van der Waals surface area contributed by atoms with Gasteiger partial charge in [-0.15, -0.1) is 0 Å². The molecule has 4 rings (SSSR count). The molecular formula is C24H23N5O4. The summed E-state index contributed by atoms with van der Waals surface area (Å²) in [4.78, 5) is 47.4. The summed E-state index contributed by atoms with van der Waals surface area (Å²) in [5, 5.41) is 2.85. The molecule has 0 atom stereocenters. The van der Waals surface area contributed by atoms with Gasteiger partial charge >= 0.3 is 5.69 Å². The van der Waals surface area contributed by atoms with Gasteiger partial charge in [0, 0.05) is 18.1 Å². The molecule has 0 aliphatic carbocycles. The molecule has 4 aromatic rings. The summed E-state index contributed by atoms with van der Waals surface area (Å²) < 4.78 is 7.39. The van der Waals surface area contributed by atoms with Crippen molar-refractivity contribution in [1.82, 2.24) is 19.1 Å². The average Bonchev–Trinajstić information content (AvgIpc) is 2.85. The van der Waals surface area contributed by atoms with Crippen LogP contribution in [-0.4, -0.2) is 32.1 Å². The quantitative estimate of drug-likeness (QED) is 0.467. The molecule has 2 aromatic carbocycles. The minimum Gasteiger partial charge on any atom is -0.497 e. The summed E-state index contributed by atoms with van der Waals surface area (Å²) in [6, 6.07) is 14.5. The number of fused-ring (bicyclic) bond motifs is 1. The molecule has 0 aliphatic heterocycles. The number of rotatable bonds is 7. The van der Waals surface area contributed by atoms with Crippen molar-refractivity contribution in [2.24, 2.45) is 0 Å². The molecular weight excluding hydrogens is 422 g/mol. The maximum Gasteiger partial charge on any atom is 0.333 e. The number of nitrogens with zero attached hydrogens (tertiary/aromatic N) is 4. The van der Waals surface area contributed by atoms with E-state index in [0.717, 1.165) is 22.1 Å². The topological polar surface area (TPSA) is 108 Å². The monoisotopic (exact) mass is 445 g/mol. The number of hydrogen-bond donors (Lipinski definition) is 1. The predicted octanol–water partition coefficient (Wildman–Crippen LogP) is 2.21. The van der Waals surface area contributed by atoms with E-state index in [1.807, 2.05) is 31.2 Å². The van der Waals surface area contributed by atoms with Crippen molar-refractivity contribution in [3.63, 3.8) is 0 Å².